The van der Waals surface area contributed by atoms with Crippen LogP contribution in [0.2, 0.25) is 0 Å². The molecule has 2 aliphatic rings. The minimum Gasteiger partial charge on any atom is -0.352 e. The Labute approximate surface area is 230 Å². The molecule has 0 bridgehead atoms. The Morgan fingerprint density at radius 3 is 2.03 bits per heavy atom. The molecule has 3 aromatic rings. The molecule has 0 aromatic heterocycles. The highest BCUT2D eigenvalue weighted by molar-refractivity contribution is 7.92. The number of carbonyl (C=O) groups excluding carboxylic acids is 1. The van der Waals surface area contributed by atoms with E-state index in [2.05, 4.69) is 5.32 Å². The second-order valence-electron chi connectivity index (χ2n) is 9.99. The second kappa shape index (κ2) is 11.5. The summed E-state index contributed by atoms with van der Waals surface area (Å²) in [6.07, 6.45) is 4.17. The number of aryl methyl sites for hydroxylation is 2. The van der Waals surface area contributed by atoms with E-state index in [0.717, 1.165) is 48.1 Å². The first kappa shape index (κ1) is 27.4. The minimum absolute atomic E-state index is 0.134. The Kier molecular flexibility index (Phi) is 8.06. The first-order valence-corrected chi connectivity index (χ1v) is 16.2. The Balaban J connectivity index is 1.13. The number of amides is 1. The first-order chi connectivity index (χ1) is 18.7. The van der Waals surface area contributed by atoms with E-state index in [1.807, 2.05) is 24.3 Å². The van der Waals surface area contributed by atoms with Crippen LogP contribution in [-0.2, 0) is 44.2 Å². The fourth-order valence-electron chi connectivity index (χ4n) is 5.11. The van der Waals surface area contributed by atoms with Crippen molar-refractivity contribution < 1.29 is 21.6 Å². The van der Waals surface area contributed by atoms with Gasteiger partial charge in [0.15, 0.2) is 0 Å². The van der Waals surface area contributed by atoms with E-state index in [9.17, 15) is 21.6 Å². The molecule has 206 valence electrons. The lowest BCUT2D eigenvalue weighted by Crippen LogP contribution is -2.35. The zero-order valence-corrected chi connectivity index (χ0v) is 23.4. The van der Waals surface area contributed by atoms with Gasteiger partial charge in [-0.05, 0) is 79.1 Å². The van der Waals surface area contributed by atoms with E-state index in [1.165, 1.54) is 8.61 Å². The van der Waals surface area contributed by atoms with E-state index < -0.39 is 20.0 Å². The summed E-state index contributed by atoms with van der Waals surface area (Å²) in [6.45, 7) is 1.88. The van der Waals surface area contributed by atoms with Crippen LogP contribution in [0.1, 0.15) is 42.4 Å². The van der Waals surface area contributed by atoms with Gasteiger partial charge in [0, 0.05) is 32.6 Å². The van der Waals surface area contributed by atoms with Gasteiger partial charge in [-0.2, -0.15) is 4.31 Å². The van der Waals surface area contributed by atoms with Crippen LogP contribution in [0, 0.1) is 0 Å². The molecule has 10 heteroatoms. The van der Waals surface area contributed by atoms with E-state index in [0.29, 0.717) is 32.6 Å². The van der Waals surface area contributed by atoms with Crippen LogP contribution in [0.15, 0.2) is 82.6 Å². The van der Waals surface area contributed by atoms with Gasteiger partial charge in [0.1, 0.15) is 0 Å². The predicted octanol–water partition coefficient (Wildman–Crippen LogP) is 3.86. The lowest BCUT2D eigenvalue weighted by atomic mass is 10.0. The number of fused-ring (bicyclic) bond motifs is 1. The van der Waals surface area contributed by atoms with Crippen LogP contribution in [0.4, 0.5) is 5.69 Å². The Hall–Kier alpha value is -3.21. The third-order valence-corrected chi connectivity index (χ3v) is 11.1. The summed E-state index contributed by atoms with van der Waals surface area (Å²) in [5.41, 5.74) is 3.47. The summed E-state index contributed by atoms with van der Waals surface area (Å²) >= 11 is 0. The van der Waals surface area contributed by atoms with Gasteiger partial charge in [0.25, 0.3) is 10.0 Å². The van der Waals surface area contributed by atoms with Gasteiger partial charge in [-0.15, -0.1) is 0 Å². The molecule has 1 fully saturated rings. The highest BCUT2D eigenvalue weighted by Crippen LogP contribution is 2.32. The van der Waals surface area contributed by atoms with Crippen LogP contribution in [0.3, 0.4) is 0 Å². The lowest BCUT2D eigenvalue weighted by molar-refractivity contribution is -0.121. The number of benzene rings is 3. The molecule has 1 amide bonds. The molecule has 2 heterocycles. The lowest BCUT2D eigenvalue weighted by Gasteiger charge is -2.30. The number of rotatable bonds is 9. The third-order valence-electron chi connectivity index (χ3n) is 7.34. The molecule has 1 saturated heterocycles. The average Bonchev–Trinajstić information content (AvgIpc) is 3.51. The van der Waals surface area contributed by atoms with E-state index in [1.54, 1.807) is 48.5 Å². The van der Waals surface area contributed by atoms with Gasteiger partial charge < -0.3 is 5.32 Å². The summed E-state index contributed by atoms with van der Waals surface area (Å²) in [4.78, 5) is 12.9. The maximum atomic E-state index is 13.3. The van der Waals surface area contributed by atoms with E-state index in [4.69, 9.17) is 0 Å². The third kappa shape index (κ3) is 6.03. The highest BCUT2D eigenvalue weighted by atomic mass is 32.2. The smallest absolute Gasteiger partial charge is 0.264 e. The molecule has 0 spiro atoms. The number of anilines is 1. The molecule has 0 aliphatic carbocycles. The topological polar surface area (TPSA) is 104 Å². The summed E-state index contributed by atoms with van der Waals surface area (Å²) in [7, 11) is -7.12. The molecule has 0 radical (unpaired) electrons. The van der Waals surface area contributed by atoms with Crippen molar-refractivity contribution in [1.82, 2.24) is 9.62 Å². The van der Waals surface area contributed by atoms with Gasteiger partial charge in [0.05, 0.1) is 15.5 Å². The largest absolute Gasteiger partial charge is 0.352 e. The molecule has 5 rings (SSSR count). The molecule has 1 N–H and O–H groups in total. The number of nitrogens with one attached hydrogen (secondary N) is 1. The van der Waals surface area contributed by atoms with Crippen molar-refractivity contribution in [2.24, 2.45) is 0 Å². The monoisotopic (exact) mass is 567 g/mol. The van der Waals surface area contributed by atoms with Crippen LogP contribution < -0.4 is 9.62 Å². The molecule has 3 aromatic carbocycles. The number of sulfonamides is 2. The zero-order chi connectivity index (χ0) is 27.5. The number of para-hydroxylation sites is 1. The standard InChI is InChI=1S/C29H33N3O5S2/c33-29(30-22-24-11-16-26(17-12-24)38(34,35)31-19-3-4-20-31)18-13-23-9-14-27(15-10-23)39(36,37)32-21-5-7-25-6-1-2-8-28(25)32/h1-2,6,8-12,14-17H,3-5,7,13,18-22H2,(H,30,33). The van der Waals surface area contributed by atoms with Crippen molar-refractivity contribution in [3.8, 4) is 0 Å². The number of hydrogen-bond donors (Lipinski definition) is 1. The quantitative estimate of drug-likeness (QED) is 0.423. The SMILES string of the molecule is O=C(CCc1ccc(S(=O)(=O)N2CCCc3ccccc32)cc1)NCc1ccc(S(=O)(=O)N2CCCC2)cc1. The van der Waals surface area contributed by atoms with Crippen molar-refractivity contribution in [2.75, 3.05) is 23.9 Å². The Morgan fingerprint density at radius 2 is 1.33 bits per heavy atom. The van der Waals surface area contributed by atoms with Gasteiger partial charge in [-0.1, -0.05) is 42.5 Å². The van der Waals surface area contributed by atoms with Gasteiger partial charge in [-0.25, -0.2) is 16.8 Å². The predicted molar refractivity (Wildman–Crippen MR) is 150 cm³/mol. The molecule has 0 saturated carbocycles. The van der Waals surface area contributed by atoms with Gasteiger partial charge in [-0.3, -0.25) is 9.10 Å². The van der Waals surface area contributed by atoms with Crippen molar-refractivity contribution in [3.63, 3.8) is 0 Å². The average molecular weight is 568 g/mol. The summed E-state index contributed by atoms with van der Waals surface area (Å²) in [5.74, 6) is -0.134. The molecule has 39 heavy (non-hydrogen) atoms. The normalized spacial score (nSPS) is 16.2. The zero-order valence-electron chi connectivity index (χ0n) is 21.8. The molecular formula is C29H33N3O5S2. The van der Waals surface area contributed by atoms with Gasteiger partial charge in [0.2, 0.25) is 15.9 Å². The van der Waals surface area contributed by atoms with Crippen LogP contribution in [0.5, 0.6) is 0 Å². The fourth-order valence-corrected chi connectivity index (χ4v) is 8.17. The molecular weight excluding hydrogens is 534 g/mol. The van der Waals surface area contributed by atoms with Gasteiger partial charge >= 0.3 is 0 Å². The van der Waals surface area contributed by atoms with Crippen LogP contribution >= 0.6 is 0 Å². The number of nitrogens with zero attached hydrogens (tertiary/aromatic N) is 2. The van der Waals surface area contributed by atoms with Crippen molar-refractivity contribution in [3.05, 3.63) is 89.5 Å². The Morgan fingerprint density at radius 1 is 0.718 bits per heavy atom. The summed E-state index contributed by atoms with van der Waals surface area (Å²) in [6, 6.07) is 21.0. The second-order valence-corrected chi connectivity index (χ2v) is 13.8. The first-order valence-electron chi connectivity index (χ1n) is 13.3. The van der Waals surface area contributed by atoms with Crippen molar-refractivity contribution in [2.45, 2.75) is 54.9 Å². The molecule has 0 unspecified atom stereocenters. The van der Waals surface area contributed by atoms with Crippen molar-refractivity contribution >= 4 is 31.6 Å². The molecule has 0 atom stereocenters. The molecule has 8 nitrogen and oxygen atoms in total. The van der Waals surface area contributed by atoms with Crippen LogP contribution in [0.25, 0.3) is 0 Å². The number of hydrogen-bond acceptors (Lipinski definition) is 5. The van der Waals surface area contributed by atoms with Crippen molar-refractivity contribution in [1.29, 1.82) is 0 Å². The van der Waals surface area contributed by atoms with Crippen LogP contribution in [-0.4, -0.2) is 46.7 Å². The molecule has 2 aliphatic heterocycles. The highest BCUT2D eigenvalue weighted by Gasteiger charge is 2.29. The van der Waals surface area contributed by atoms with E-state index >= 15 is 0 Å². The summed E-state index contributed by atoms with van der Waals surface area (Å²) in [5, 5.41) is 2.87. The summed E-state index contributed by atoms with van der Waals surface area (Å²) < 4.78 is 54.9. The number of carbonyl (C=O) groups is 1. The Bertz CT molecular complexity index is 1530. The maximum Gasteiger partial charge on any atom is 0.264 e. The fraction of sp³-hybridized carbons (Fsp3) is 0.345. The minimum atomic E-state index is -3.67. The van der Waals surface area contributed by atoms with E-state index in [-0.39, 0.29) is 22.1 Å². The maximum absolute atomic E-state index is 13.3.